The van der Waals surface area contributed by atoms with Crippen molar-refractivity contribution in [3.63, 3.8) is 0 Å². The van der Waals surface area contributed by atoms with Gasteiger partial charge in [-0.25, -0.2) is 0 Å². The predicted octanol–water partition coefficient (Wildman–Crippen LogP) is 14.0. The van der Waals surface area contributed by atoms with E-state index in [-0.39, 0.29) is 0 Å². The van der Waals surface area contributed by atoms with Crippen LogP contribution in [0.1, 0.15) is 22.3 Å². The van der Waals surface area contributed by atoms with Crippen LogP contribution in [0.4, 0.5) is 17.1 Å². The molecular weight excluding hydrogens is 651 g/mol. The van der Waals surface area contributed by atoms with Crippen LogP contribution in [-0.4, -0.2) is 0 Å². The fourth-order valence-corrected chi connectivity index (χ4v) is 9.47. The first-order valence-corrected chi connectivity index (χ1v) is 18.8. The molecule has 2 aliphatic carbocycles. The van der Waals surface area contributed by atoms with Crippen molar-refractivity contribution in [3.8, 4) is 44.5 Å². The highest BCUT2D eigenvalue weighted by atomic mass is 15.1. The predicted molar refractivity (Wildman–Crippen MR) is 226 cm³/mol. The van der Waals surface area contributed by atoms with Crippen molar-refractivity contribution >= 4 is 27.8 Å². The highest BCUT2D eigenvalue weighted by Crippen LogP contribution is 2.63. The lowest BCUT2D eigenvalue weighted by molar-refractivity contribution is 0.793. The Hall–Kier alpha value is -6.96. The van der Waals surface area contributed by atoms with Gasteiger partial charge in [-0.15, -0.1) is 0 Å². The summed E-state index contributed by atoms with van der Waals surface area (Å²) in [5.41, 5.74) is 18.6. The Balaban J connectivity index is 1.07. The first kappa shape index (κ1) is 30.6. The van der Waals surface area contributed by atoms with Crippen molar-refractivity contribution in [1.82, 2.24) is 0 Å². The summed E-state index contributed by atoms with van der Waals surface area (Å²) in [5, 5.41) is 2.52. The maximum atomic E-state index is 2.46. The summed E-state index contributed by atoms with van der Waals surface area (Å²) in [6, 6.07) is 78.1. The molecule has 0 N–H and O–H groups in total. The van der Waals surface area contributed by atoms with E-state index in [2.05, 4.69) is 217 Å². The van der Waals surface area contributed by atoms with Crippen LogP contribution in [0.25, 0.3) is 55.3 Å². The van der Waals surface area contributed by atoms with Crippen molar-refractivity contribution < 1.29 is 0 Å². The quantitative estimate of drug-likeness (QED) is 0.174. The van der Waals surface area contributed by atoms with Crippen LogP contribution in [0, 0.1) is 0 Å². The van der Waals surface area contributed by atoms with E-state index in [4.69, 9.17) is 0 Å². The Kier molecular flexibility index (Phi) is 6.84. The van der Waals surface area contributed by atoms with Crippen LogP contribution in [-0.2, 0) is 5.41 Å². The fraction of sp³-hybridized carbons (Fsp3) is 0.0189. The molecule has 0 bridgehead atoms. The molecule has 54 heavy (non-hydrogen) atoms. The molecule has 9 aromatic carbocycles. The summed E-state index contributed by atoms with van der Waals surface area (Å²) in [6.07, 6.45) is 0. The Morgan fingerprint density at radius 3 is 1.22 bits per heavy atom. The van der Waals surface area contributed by atoms with Gasteiger partial charge in [0.1, 0.15) is 0 Å². The van der Waals surface area contributed by atoms with Gasteiger partial charge in [0.15, 0.2) is 0 Å². The summed E-state index contributed by atoms with van der Waals surface area (Å²) >= 11 is 0. The second-order valence-electron chi connectivity index (χ2n) is 14.4. The number of benzene rings is 9. The van der Waals surface area contributed by atoms with Gasteiger partial charge in [0, 0.05) is 17.1 Å². The second kappa shape index (κ2) is 12.0. The minimum Gasteiger partial charge on any atom is -0.310 e. The number of nitrogens with zero attached hydrogens (tertiary/aromatic N) is 1. The van der Waals surface area contributed by atoms with Gasteiger partial charge < -0.3 is 4.90 Å². The fourth-order valence-electron chi connectivity index (χ4n) is 9.47. The van der Waals surface area contributed by atoms with E-state index < -0.39 is 5.41 Å². The van der Waals surface area contributed by atoms with Gasteiger partial charge >= 0.3 is 0 Å². The molecule has 0 unspecified atom stereocenters. The number of anilines is 3. The van der Waals surface area contributed by atoms with Crippen LogP contribution in [0.3, 0.4) is 0 Å². The highest BCUT2D eigenvalue weighted by molar-refractivity contribution is 6.04. The molecule has 1 heteroatoms. The topological polar surface area (TPSA) is 3.24 Å². The summed E-state index contributed by atoms with van der Waals surface area (Å²) in [6.45, 7) is 0. The van der Waals surface area contributed by atoms with E-state index in [1.807, 2.05) is 0 Å². The molecule has 1 spiro atoms. The Bertz CT molecular complexity index is 2810. The van der Waals surface area contributed by atoms with Gasteiger partial charge in [0.2, 0.25) is 0 Å². The number of hydrogen-bond donors (Lipinski definition) is 0. The number of fused-ring (bicyclic) bond motifs is 11. The van der Waals surface area contributed by atoms with Crippen LogP contribution in [0.5, 0.6) is 0 Å². The summed E-state index contributed by atoms with van der Waals surface area (Å²) in [7, 11) is 0. The maximum absolute atomic E-state index is 2.46. The van der Waals surface area contributed by atoms with Gasteiger partial charge in [0.05, 0.1) is 5.41 Å². The van der Waals surface area contributed by atoms with Crippen LogP contribution >= 0.6 is 0 Å². The summed E-state index contributed by atoms with van der Waals surface area (Å²) in [5.74, 6) is 0. The van der Waals surface area contributed by atoms with Crippen molar-refractivity contribution in [1.29, 1.82) is 0 Å². The van der Waals surface area contributed by atoms with Crippen LogP contribution in [0.2, 0.25) is 0 Å². The van der Waals surface area contributed by atoms with Crippen molar-refractivity contribution in [2.24, 2.45) is 0 Å². The standard InChI is InChI=1S/C53H35N/c1-3-15-36(16-4-1)41-22-13-25-44-42(23-14-24-43(41)44)37-29-31-39(32-30-37)54(38-17-5-2-6-18-38)40-33-34-48-47-21-9-12-28-51(47)53(52(48)35-40)49-26-10-7-19-45(49)46-20-8-11-27-50(46)53/h1-35H. The van der Waals surface area contributed by atoms with Gasteiger partial charge in [0.25, 0.3) is 0 Å². The van der Waals surface area contributed by atoms with Gasteiger partial charge in [-0.3, -0.25) is 0 Å². The molecule has 2 aliphatic rings. The zero-order chi connectivity index (χ0) is 35.6. The molecule has 0 heterocycles. The van der Waals surface area contributed by atoms with Gasteiger partial charge in [-0.1, -0.05) is 176 Å². The average molecular weight is 686 g/mol. The monoisotopic (exact) mass is 685 g/mol. The number of hydrogen-bond acceptors (Lipinski definition) is 1. The Morgan fingerprint density at radius 1 is 0.259 bits per heavy atom. The molecule has 0 aliphatic heterocycles. The first-order valence-electron chi connectivity index (χ1n) is 18.8. The molecule has 11 rings (SSSR count). The normalized spacial score (nSPS) is 13.0. The minimum atomic E-state index is -0.395. The first-order chi connectivity index (χ1) is 26.8. The Labute approximate surface area is 316 Å². The molecule has 0 fully saturated rings. The van der Waals surface area contributed by atoms with Crippen LogP contribution < -0.4 is 4.90 Å². The minimum absolute atomic E-state index is 0.395. The maximum Gasteiger partial charge on any atom is 0.0726 e. The lowest BCUT2D eigenvalue weighted by Crippen LogP contribution is -2.26. The van der Waals surface area contributed by atoms with E-state index >= 15 is 0 Å². The molecule has 0 radical (unpaired) electrons. The van der Waals surface area contributed by atoms with E-state index in [9.17, 15) is 0 Å². The summed E-state index contributed by atoms with van der Waals surface area (Å²) < 4.78 is 0. The van der Waals surface area contributed by atoms with Gasteiger partial charge in [-0.05, 0) is 114 Å². The molecule has 0 aromatic heterocycles. The van der Waals surface area contributed by atoms with Crippen molar-refractivity contribution in [3.05, 3.63) is 235 Å². The Morgan fingerprint density at radius 2 is 0.667 bits per heavy atom. The van der Waals surface area contributed by atoms with Gasteiger partial charge in [-0.2, -0.15) is 0 Å². The molecule has 0 saturated heterocycles. The molecule has 0 amide bonds. The average Bonchev–Trinajstić information content (AvgIpc) is 3.71. The molecule has 9 aromatic rings. The second-order valence-corrected chi connectivity index (χ2v) is 14.4. The third-order valence-electron chi connectivity index (χ3n) is 11.7. The summed E-state index contributed by atoms with van der Waals surface area (Å²) in [4.78, 5) is 2.41. The van der Waals surface area contributed by atoms with Crippen LogP contribution in [0.15, 0.2) is 212 Å². The third kappa shape index (κ3) is 4.39. The lowest BCUT2D eigenvalue weighted by atomic mass is 9.70. The lowest BCUT2D eigenvalue weighted by Gasteiger charge is -2.32. The van der Waals surface area contributed by atoms with E-state index in [0.29, 0.717) is 0 Å². The zero-order valence-corrected chi connectivity index (χ0v) is 29.7. The number of para-hydroxylation sites is 1. The zero-order valence-electron chi connectivity index (χ0n) is 29.7. The van der Waals surface area contributed by atoms with Crippen molar-refractivity contribution in [2.75, 3.05) is 4.90 Å². The molecule has 0 atom stereocenters. The molecule has 252 valence electrons. The largest absolute Gasteiger partial charge is 0.310 e. The van der Waals surface area contributed by atoms with E-state index in [0.717, 1.165) is 17.1 Å². The van der Waals surface area contributed by atoms with E-state index in [1.54, 1.807) is 0 Å². The molecule has 0 saturated carbocycles. The molecule has 1 nitrogen and oxygen atoms in total. The molecular formula is C53H35N. The number of rotatable bonds is 5. The smallest absolute Gasteiger partial charge is 0.0726 e. The van der Waals surface area contributed by atoms with Crippen molar-refractivity contribution in [2.45, 2.75) is 5.41 Å². The third-order valence-corrected chi connectivity index (χ3v) is 11.7. The SMILES string of the molecule is c1ccc(-c2cccc3c(-c4ccc(N(c5ccccc5)c5ccc6c(c5)C5(c7ccccc7-c7ccccc75)c5ccccc5-6)cc4)cccc23)cc1. The van der Waals surface area contributed by atoms with E-state index in [1.165, 1.54) is 77.5 Å². The highest BCUT2D eigenvalue weighted by Gasteiger charge is 2.51.